The molecule has 9 nitrogen and oxygen atoms in total. The number of aromatic hydroxyl groups is 2. The summed E-state index contributed by atoms with van der Waals surface area (Å²) in [6.07, 6.45) is 2.77. The summed E-state index contributed by atoms with van der Waals surface area (Å²) >= 11 is 12.9. The number of hydrazone groups is 2. The molecule has 3 rings (SSSR count). The first-order valence-electron chi connectivity index (χ1n) is 9.15. The number of carbonyl (C=O) groups is 2. The molecule has 0 bridgehead atoms. The number of phenolic OH excluding ortho intramolecular Hbond substituents is 2. The predicted molar refractivity (Wildman–Crippen MR) is 141 cm³/mol. The smallest absolute Gasteiger partial charge is 0.289 e. The van der Waals surface area contributed by atoms with Gasteiger partial charge in [-0.2, -0.15) is 10.2 Å². The number of aromatic nitrogens is 1. The molecule has 4 N–H and O–H groups in total. The average molecular weight is 719 g/mol. The number of carbonyl (C=O) groups excluding carboxylic acids is 2. The normalized spacial score (nSPS) is 11.2. The van der Waals surface area contributed by atoms with Crippen LogP contribution in [0, 0.1) is 0 Å². The molecular weight excluding hydrogens is 706 g/mol. The van der Waals surface area contributed by atoms with Crippen LogP contribution in [0.5, 0.6) is 11.5 Å². The second-order valence-corrected chi connectivity index (χ2v) is 9.89. The van der Waals surface area contributed by atoms with E-state index in [2.05, 4.69) is 89.8 Å². The van der Waals surface area contributed by atoms with Crippen molar-refractivity contribution in [3.05, 3.63) is 82.9 Å². The summed E-state index contributed by atoms with van der Waals surface area (Å²) in [4.78, 5) is 28.7. The van der Waals surface area contributed by atoms with E-state index in [9.17, 15) is 19.8 Å². The van der Waals surface area contributed by atoms with Crippen LogP contribution < -0.4 is 10.9 Å². The number of phenols is 2. The molecule has 0 fully saturated rings. The highest BCUT2D eigenvalue weighted by Crippen LogP contribution is 2.33. The highest BCUT2D eigenvalue weighted by atomic mass is 79.9. The first kappa shape index (κ1) is 26.0. The third kappa shape index (κ3) is 6.72. The van der Waals surface area contributed by atoms with Crippen LogP contribution in [0.15, 0.2) is 70.6 Å². The highest BCUT2D eigenvalue weighted by molar-refractivity contribution is 9.11. The summed E-state index contributed by atoms with van der Waals surface area (Å²) in [5.41, 5.74) is 5.85. The molecule has 2 amide bonds. The lowest BCUT2D eigenvalue weighted by Gasteiger charge is -2.04. The number of halogens is 4. The van der Waals surface area contributed by atoms with Crippen molar-refractivity contribution in [2.24, 2.45) is 10.2 Å². The van der Waals surface area contributed by atoms with E-state index in [0.29, 0.717) is 29.0 Å². The molecule has 0 aliphatic heterocycles. The summed E-state index contributed by atoms with van der Waals surface area (Å²) in [5.74, 6) is -1.14. The fourth-order valence-electron chi connectivity index (χ4n) is 2.45. The molecule has 0 aliphatic carbocycles. The van der Waals surface area contributed by atoms with Gasteiger partial charge in [-0.25, -0.2) is 15.8 Å². The topological polar surface area (TPSA) is 136 Å². The van der Waals surface area contributed by atoms with Gasteiger partial charge in [0, 0.05) is 0 Å². The third-order valence-electron chi connectivity index (χ3n) is 4.05. The van der Waals surface area contributed by atoms with Gasteiger partial charge in [-0.15, -0.1) is 0 Å². The summed E-state index contributed by atoms with van der Waals surface area (Å²) in [6.45, 7) is 0. The molecule has 0 saturated heterocycles. The fraction of sp³-hybridized carbons (Fsp3) is 0. The Kier molecular flexibility index (Phi) is 8.94. The zero-order chi connectivity index (χ0) is 24.8. The van der Waals surface area contributed by atoms with Gasteiger partial charge in [-0.3, -0.25) is 9.59 Å². The first-order valence-corrected chi connectivity index (χ1v) is 12.3. The van der Waals surface area contributed by atoms with Crippen LogP contribution in [0.2, 0.25) is 0 Å². The summed E-state index contributed by atoms with van der Waals surface area (Å²) in [6, 6.07) is 10.9. The average Bonchev–Trinajstić information content (AvgIpc) is 2.80. The van der Waals surface area contributed by atoms with Crippen LogP contribution in [0.1, 0.15) is 32.1 Å². The molecule has 1 heterocycles. The monoisotopic (exact) mass is 715 g/mol. The van der Waals surface area contributed by atoms with E-state index in [1.165, 1.54) is 30.6 Å². The van der Waals surface area contributed by atoms with Crippen molar-refractivity contribution in [2.45, 2.75) is 0 Å². The standard InChI is InChI=1S/C21H13Br4N5O4/c22-12-4-10(5-13(23)18(12)31)8-26-29-20(33)16-2-1-3-17(28-16)21(34)30-27-9-11-6-14(24)19(32)15(25)7-11/h1-9,31-32H,(H,29,33)(H,30,34). The molecule has 13 heteroatoms. The van der Waals surface area contributed by atoms with E-state index in [1.54, 1.807) is 24.3 Å². The number of amides is 2. The van der Waals surface area contributed by atoms with Crippen molar-refractivity contribution >= 4 is 88.0 Å². The number of benzene rings is 2. The molecular formula is C21H13Br4N5O4. The Bertz CT molecular complexity index is 1190. The lowest BCUT2D eigenvalue weighted by Crippen LogP contribution is -2.23. The quantitative estimate of drug-likeness (QED) is 0.209. The van der Waals surface area contributed by atoms with Crippen LogP contribution >= 0.6 is 63.7 Å². The van der Waals surface area contributed by atoms with Gasteiger partial charge in [0.05, 0.1) is 30.3 Å². The van der Waals surface area contributed by atoms with Crippen molar-refractivity contribution in [2.75, 3.05) is 0 Å². The van der Waals surface area contributed by atoms with Gasteiger partial charge in [-0.05, 0) is 111 Å². The molecule has 3 aromatic rings. The van der Waals surface area contributed by atoms with Crippen LogP contribution in [-0.4, -0.2) is 39.4 Å². The Hall–Kier alpha value is -2.61. The third-order valence-corrected chi connectivity index (χ3v) is 6.47. The zero-order valence-electron chi connectivity index (χ0n) is 16.8. The van der Waals surface area contributed by atoms with E-state index in [-0.39, 0.29) is 22.9 Å². The predicted octanol–water partition coefficient (Wildman–Crippen LogP) is 5.07. The second kappa shape index (κ2) is 11.7. The lowest BCUT2D eigenvalue weighted by atomic mass is 10.2. The molecule has 0 aliphatic rings. The maximum Gasteiger partial charge on any atom is 0.289 e. The van der Waals surface area contributed by atoms with Gasteiger partial charge in [0.15, 0.2) is 0 Å². The van der Waals surface area contributed by atoms with Crippen LogP contribution in [0.4, 0.5) is 0 Å². The number of nitrogens with one attached hydrogen (secondary N) is 2. The van der Waals surface area contributed by atoms with Crippen molar-refractivity contribution in [3.63, 3.8) is 0 Å². The van der Waals surface area contributed by atoms with Gasteiger partial charge >= 0.3 is 0 Å². The van der Waals surface area contributed by atoms with Gasteiger partial charge in [0.2, 0.25) is 0 Å². The molecule has 0 radical (unpaired) electrons. The minimum Gasteiger partial charge on any atom is -0.506 e. The molecule has 174 valence electrons. The minimum atomic E-state index is -0.620. The van der Waals surface area contributed by atoms with Crippen LogP contribution in [-0.2, 0) is 0 Å². The minimum absolute atomic E-state index is 0.0201. The number of pyridine rings is 1. The summed E-state index contributed by atoms with van der Waals surface area (Å²) in [7, 11) is 0. The van der Waals surface area contributed by atoms with E-state index in [0.717, 1.165) is 0 Å². The first-order chi connectivity index (χ1) is 16.2. The van der Waals surface area contributed by atoms with Crippen LogP contribution in [0.25, 0.3) is 0 Å². The van der Waals surface area contributed by atoms with E-state index < -0.39 is 11.8 Å². The van der Waals surface area contributed by atoms with Crippen molar-refractivity contribution in [3.8, 4) is 11.5 Å². The number of hydrogen-bond donors (Lipinski definition) is 4. The van der Waals surface area contributed by atoms with E-state index in [1.807, 2.05) is 0 Å². The molecule has 0 saturated carbocycles. The second-order valence-electron chi connectivity index (χ2n) is 6.47. The Balaban J connectivity index is 1.63. The molecule has 34 heavy (non-hydrogen) atoms. The van der Waals surface area contributed by atoms with Crippen LogP contribution in [0.3, 0.4) is 0 Å². The van der Waals surface area contributed by atoms with E-state index in [4.69, 9.17) is 0 Å². The van der Waals surface area contributed by atoms with Crippen molar-refractivity contribution in [1.82, 2.24) is 15.8 Å². The molecule has 0 atom stereocenters. The van der Waals surface area contributed by atoms with Crippen molar-refractivity contribution < 1.29 is 19.8 Å². The molecule has 0 spiro atoms. The van der Waals surface area contributed by atoms with E-state index >= 15 is 0 Å². The molecule has 2 aromatic carbocycles. The Morgan fingerprint density at radius 1 is 0.735 bits per heavy atom. The Morgan fingerprint density at radius 3 is 1.44 bits per heavy atom. The largest absolute Gasteiger partial charge is 0.506 e. The number of hydrogen-bond acceptors (Lipinski definition) is 7. The van der Waals surface area contributed by atoms with Gasteiger partial charge in [0.1, 0.15) is 22.9 Å². The van der Waals surface area contributed by atoms with Gasteiger partial charge < -0.3 is 10.2 Å². The lowest BCUT2D eigenvalue weighted by molar-refractivity contribution is 0.0945. The molecule has 0 unspecified atom stereocenters. The molecule has 1 aromatic heterocycles. The SMILES string of the molecule is O=C(NN=Cc1cc(Br)c(O)c(Br)c1)c1cccc(C(=O)NN=Cc2cc(Br)c(O)c(Br)c2)n1. The highest BCUT2D eigenvalue weighted by Gasteiger charge is 2.12. The summed E-state index contributed by atoms with van der Waals surface area (Å²) < 4.78 is 1.85. The maximum absolute atomic E-state index is 12.4. The van der Waals surface area contributed by atoms with Gasteiger partial charge in [0.25, 0.3) is 11.8 Å². The maximum atomic E-state index is 12.4. The Labute approximate surface area is 226 Å². The van der Waals surface area contributed by atoms with Crippen molar-refractivity contribution in [1.29, 1.82) is 0 Å². The zero-order valence-corrected chi connectivity index (χ0v) is 23.1. The van der Waals surface area contributed by atoms with Gasteiger partial charge in [-0.1, -0.05) is 6.07 Å². The number of rotatable bonds is 6. The Morgan fingerprint density at radius 2 is 1.09 bits per heavy atom. The number of nitrogens with zero attached hydrogens (tertiary/aromatic N) is 3. The summed E-state index contributed by atoms with van der Waals surface area (Å²) in [5, 5.41) is 27.2. The fourth-order valence-corrected chi connectivity index (χ4v) is 4.90.